The molecule has 0 unspecified atom stereocenters. The molecule has 0 radical (unpaired) electrons. The van der Waals surface area contributed by atoms with Crippen LogP contribution in [-0.4, -0.2) is 38.1 Å². The molecule has 0 aliphatic rings. The molecule has 0 atom stereocenters. The number of pyridine rings is 1. The van der Waals surface area contributed by atoms with E-state index in [9.17, 15) is 9.59 Å². The number of ether oxygens (including phenoxy) is 2. The Bertz CT molecular complexity index is 1020. The molecule has 148 valence electrons. The molecule has 0 saturated carbocycles. The Hall–Kier alpha value is -3.87. The number of hydrogen-bond donors (Lipinski definition) is 1. The molecule has 0 bridgehead atoms. The quantitative estimate of drug-likeness (QED) is 0.694. The minimum atomic E-state index is -0.382. The van der Waals surface area contributed by atoms with Crippen LogP contribution in [-0.2, 0) is 0 Å². The van der Waals surface area contributed by atoms with E-state index in [0.717, 1.165) is 5.69 Å². The van der Waals surface area contributed by atoms with Gasteiger partial charge in [0.2, 0.25) is 0 Å². The van der Waals surface area contributed by atoms with E-state index in [-0.39, 0.29) is 17.5 Å². The predicted molar refractivity (Wildman–Crippen MR) is 111 cm³/mol. The molecule has 0 aliphatic heterocycles. The predicted octanol–water partition coefficient (Wildman–Crippen LogP) is 3.63. The Labute approximate surface area is 168 Å². The molecule has 7 nitrogen and oxygen atoms in total. The Balaban J connectivity index is 1.80. The molecule has 0 saturated heterocycles. The SMILES string of the molecule is COc1ccc(NC(=O)c2ccnc(C(=O)N(C)c3ccccc3)c2)c(OC)c1. The van der Waals surface area contributed by atoms with E-state index in [2.05, 4.69) is 10.3 Å². The van der Waals surface area contributed by atoms with E-state index in [1.807, 2.05) is 30.3 Å². The monoisotopic (exact) mass is 391 g/mol. The molecule has 1 heterocycles. The summed E-state index contributed by atoms with van der Waals surface area (Å²) in [6, 6.07) is 17.3. The number of methoxy groups -OCH3 is 2. The second-order valence-electron chi connectivity index (χ2n) is 6.15. The number of amides is 2. The fraction of sp³-hybridized carbons (Fsp3) is 0.136. The summed E-state index contributed by atoms with van der Waals surface area (Å²) in [5.41, 5.74) is 1.70. The lowest BCUT2D eigenvalue weighted by Gasteiger charge is -2.17. The fourth-order valence-electron chi connectivity index (χ4n) is 2.73. The minimum absolute atomic E-state index is 0.172. The van der Waals surface area contributed by atoms with Crippen molar-refractivity contribution in [3.05, 3.63) is 78.1 Å². The largest absolute Gasteiger partial charge is 0.497 e. The molecule has 2 amide bonds. The van der Waals surface area contributed by atoms with Crippen molar-refractivity contribution >= 4 is 23.2 Å². The lowest BCUT2D eigenvalue weighted by molar-refractivity contribution is 0.0988. The first kappa shape index (κ1) is 19.9. The average Bonchev–Trinajstić information content (AvgIpc) is 2.78. The summed E-state index contributed by atoms with van der Waals surface area (Å²) in [4.78, 5) is 31.0. The lowest BCUT2D eigenvalue weighted by atomic mass is 10.2. The van der Waals surface area contributed by atoms with Crippen molar-refractivity contribution in [2.75, 3.05) is 31.5 Å². The summed E-state index contributed by atoms with van der Waals surface area (Å²) in [7, 11) is 4.72. The van der Waals surface area contributed by atoms with Crippen LogP contribution >= 0.6 is 0 Å². The maximum absolute atomic E-state index is 12.7. The molecule has 3 rings (SSSR count). The van der Waals surface area contributed by atoms with Gasteiger partial charge in [0.1, 0.15) is 17.2 Å². The van der Waals surface area contributed by atoms with Crippen molar-refractivity contribution in [3.8, 4) is 11.5 Å². The third-order valence-electron chi connectivity index (χ3n) is 4.35. The van der Waals surface area contributed by atoms with Crippen LogP contribution in [0.3, 0.4) is 0 Å². The Kier molecular flexibility index (Phi) is 6.09. The normalized spacial score (nSPS) is 10.2. The Morgan fingerprint density at radius 3 is 2.41 bits per heavy atom. The number of anilines is 2. The first-order valence-electron chi connectivity index (χ1n) is 8.86. The van der Waals surface area contributed by atoms with E-state index in [1.165, 1.54) is 24.3 Å². The highest BCUT2D eigenvalue weighted by atomic mass is 16.5. The van der Waals surface area contributed by atoms with E-state index in [4.69, 9.17) is 9.47 Å². The van der Waals surface area contributed by atoms with Gasteiger partial charge in [-0.3, -0.25) is 14.6 Å². The Morgan fingerprint density at radius 2 is 1.72 bits per heavy atom. The standard InChI is InChI=1S/C22H21N3O4/c1-25(16-7-5-4-6-8-16)22(27)19-13-15(11-12-23-19)21(26)24-18-10-9-17(28-2)14-20(18)29-3/h4-14H,1-3H3,(H,24,26). The van der Waals surface area contributed by atoms with Gasteiger partial charge in [-0.2, -0.15) is 0 Å². The van der Waals surface area contributed by atoms with E-state index < -0.39 is 0 Å². The molecular weight excluding hydrogens is 370 g/mol. The number of carbonyl (C=O) groups excluding carboxylic acids is 2. The lowest BCUT2D eigenvalue weighted by Crippen LogP contribution is -2.27. The first-order valence-corrected chi connectivity index (χ1v) is 8.86. The van der Waals surface area contributed by atoms with E-state index in [1.54, 1.807) is 38.4 Å². The number of para-hydroxylation sites is 1. The topological polar surface area (TPSA) is 80.8 Å². The maximum atomic E-state index is 12.7. The average molecular weight is 391 g/mol. The summed E-state index contributed by atoms with van der Waals surface area (Å²) in [5.74, 6) is 0.382. The van der Waals surface area contributed by atoms with Gasteiger partial charge in [0.05, 0.1) is 19.9 Å². The number of carbonyl (C=O) groups is 2. The number of rotatable bonds is 6. The van der Waals surface area contributed by atoms with Gasteiger partial charge in [0.25, 0.3) is 11.8 Å². The highest BCUT2D eigenvalue weighted by Gasteiger charge is 2.17. The van der Waals surface area contributed by atoms with Crippen LogP contribution < -0.4 is 19.7 Å². The van der Waals surface area contributed by atoms with Crippen LogP contribution in [0.1, 0.15) is 20.8 Å². The van der Waals surface area contributed by atoms with Crippen LogP contribution in [0.4, 0.5) is 11.4 Å². The third-order valence-corrected chi connectivity index (χ3v) is 4.35. The molecule has 1 N–H and O–H groups in total. The Morgan fingerprint density at radius 1 is 0.966 bits per heavy atom. The number of aromatic nitrogens is 1. The molecule has 0 fully saturated rings. The fourth-order valence-corrected chi connectivity index (χ4v) is 2.73. The zero-order valence-corrected chi connectivity index (χ0v) is 16.4. The van der Waals surface area contributed by atoms with Crippen LogP contribution in [0.5, 0.6) is 11.5 Å². The number of nitrogens with zero attached hydrogens (tertiary/aromatic N) is 2. The van der Waals surface area contributed by atoms with E-state index in [0.29, 0.717) is 22.7 Å². The zero-order chi connectivity index (χ0) is 20.8. The van der Waals surface area contributed by atoms with Crippen molar-refractivity contribution < 1.29 is 19.1 Å². The molecule has 29 heavy (non-hydrogen) atoms. The molecule has 2 aromatic carbocycles. The van der Waals surface area contributed by atoms with Gasteiger partial charge in [-0.05, 0) is 36.4 Å². The summed E-state index contributed by atoms with van der Waals surface area (Å²) < 4.78 is 10.5. The third kappa shape index (κ3) is 4.52. The zero-order valence-electron chi connectivity index (χ0n) is 16.4. The first-order chi connectivity index (χ1) is 14.0. The summed E-state index contributed by atoms with van der Waals surface area (Å²) in [6.45, 7) is 0. The van der Waals surface area contributed by atoms with Crippen LogP contribution in [0.15, 0.2) is 66.9 Å². The smallest absolute Gasteiger partial charge is 0.276 e. The molecule has 0 aliphatic carbocycles. The maximum Gasteiger partial charge on any atom is 0.276 e. The summed E-state index contributed by atoms with van der Waals surface area (Å²) >= 11 is 0. The van der Waals surface area contributed by atoms with E-state index >= 15 is 0 Å². The van der Waals surface area contributed by atoms with Crippen LogP contribution in [0.25, 0.3) is 0 Å². The van der Waals surface area contributed by atoms with Gasteiger partial charge >= 0.3 is 0 Å². The van der Waals surface area contributed by atoms with Gasteiger partial charge < -0.3 is 19.7 Å². The van der Waals surface area contributed by atoms with Crippen molar-refractivity contribution in [1.82, 2.24) is 4.98 Å². The molecule has 0 spiro atoms. The summed E-state index contributed by atoms with van der Waals surface area (Å²) in [5, 5.41) is 2.78. The van der Waals surface area contributed by atoms with Crippen molar-refractivity contribution in [2.45, 2.75) is 0 Å². The second-order valence-corrected chi connectivity index (χ2v) is 6.15. The van der Waals surface area contributed by atoms with Crippen molar-refractivity contribution in [2.24, 2.45) is 0 Å². The molecular formula is C22H21N3O4. The van der Waals surface area contributed by atoms with Crippen molar-refractivity contribution in [1.29, 1.82) is 0 Å². The van der Waals surface area contributed by atoms with Crippen molar-refractivity contribution in [3.63, 3.8) is 0 Å². The van der Waals surface area contributed by atoms with Crippen LogP contribution in [0, 0.1) is 0 Å². The van der Waals surface area contributed by atoms with Gasteiger partial charge in [-0.1, -0.05) is 18.2 Å². The highest BCUT2D eigenvalue weighted by Crippen LogP contribution is 2.29. The molecule has 3 aromatic rings. The summed E-state index contributed by atoms with van der Waals surface area (Å²) in [6.07, 6.45) is 1.44. The van der Waals surface area contributed by atoms with Gasteiger partial charge in [0.15, 0.2) is 0 Å². The second kappa shape index (κ2) is 8.88. The number of benzene rings is 2. The molecule has 1 aromatic heterocycles. The van der Waals surface area contributed by atoms with Crippen LogP contribution in [0.2, 0.25) is 0 Å². The minimum Gasteiger partial charge on any atom is -0.497 e. The number of nitrogens with one attached hydrogen (secondary N) is 1. The van der Waals surface area contributed by atoms with Gasteiger partial charge in [-0.15, -0.1) is 0 Å². The van der Waals surface area contributed by atoms with Gasteiger partial charge in [0, 0.05) is 30.6 Å². The van der Waals surface area contributed by atoms with Gasteiger partial charge in [-0.25, -0.2) is 0 Å². The number of hydrogen-bond acceptors (Lipinski definition) is 5. The highest BCUT2D eigenvalue weighted by molar-refractivity contribution is 6.08. The molecule has 7 heteroatoms.